The molecular formula is C12H29N3O. The highest BCUT2D eigenvalue weighted by Crippen LogP contribution is 2.00. The average molecular weight is 231 g/mol. The summed E-state index contributed by atoms with van der Waals surface area (Å²) in [5.74, 6) is 0. The zero-order valence-electron chi connectivity index (χ0n) is 11.6. The first kappa shape index (κ1) is 15.8. The zero-order valence-corrected chi connectivity index (χ0v) is 11.6. The molecular weight excluding hydrogens is 202 g/mol. The Bertz CT molecular complexity index is 146. The molecule has 1 atom stereocenters. The first-order chi connectivity index (χ1) is 7.43. The van der Waals surface area contributed by atoms with E-state index in [0.717, 1.165) is 39.0 Å². The van der Waals surface area contributed by atoms with Crippen LogP contribution in [0.15, 0.2) is 0 Å². The molecule has 4 heteroatoms. The SMILES string of the molecule is CC(O)N(CCCN(C)C)CCCN(C)C. The van der Waals surface area contributed by atoms with Gasteiger partial charge in [-0.1, -0.05) is 0 Å². The highest BCUT2D eigenvalue weighted by Gasteiger charge is 2.10. The fourth-order valence-electron chi connectivity index (χ4n) is 1.67. The second kappa shape index (κ2) is 8.93. The molecule has 0 aromatic rings. The number of aliphatic hydroxyl groups is 1. The number of hydrogen-bond acceptors (Lipinski definition) is 4. The van der Waals surface area contributed by atoms with Crippen molar-refractivity contribution in [2.45, 2.75) is 26.0 Å². The predicted molar refractivity (Wildman–Crippen MR) is 69.6 cm³/mol. The summed E-state index contributed by atoms with van der Waals surface area (Å²) < 4.78 is 0. The average Bonchev–Trinajstić information content (AvgIpc) is 2.14. The highest BCUT2D eigenvalue weighted by molar-refractivity contribution is 4.61. The zero-order chi connectivity index (χ0) is 12.6. The van der Waals surface area contributed by atoms with Crippen LogP contribution in [-0.2, 0) is 0 Å². The summed E-state index contributed by atoms with van der Waals surface area (Å²) >= 11 is 0. The molecule has 0 heterocycles. The molecule has 1 N–H and O–H groups in total. The molecule has 0 spiro atoms. The van der Waals surface area contributed by atoms with Crippen LogP contribution >= 0.6 is 0 Å². The lowest BCUT2D eigenvalue weighted by molar-refractivity contribution is 0.0151. The standard InChI is InChI=1S/C12H29N3O/c1-12(16)15(10-6-8-13(2)3)11-7-9-14(4)5/h12,16H,6-11H2,1-5H3. The molecule has 0 fully saturated rings. The van der Waals surface area contributed by atoms with E-state index >= 15 is 0 Å². The quantitative estimate of drug-likeness (QED) is 0.586. The molecule has 16 heavy (non-hydrogen) atoms. The van der Waals surface area contributed by atoms with Crippen molar-refractivity contribution in [3.8, 4) is 0 Å². The van der Waals surface area contributed by atoms with Crippen LogP contribution < -0.4 is 0 Å². The Morgan fingerprint density at radius 3 is 1.44 bits per heavy atom. The van der Waals surface area contributed by atoms with E-state index in [4.69, 9.17) is 0 Å². The minimum Gasteiger partial charge on any atom is -0.379 e. The maximum absolute atomic E-state index is 9.64. The van der Waals surface area contributed by atoms with Crippen LogP contribution in [0.3, 0.4) is 0 Å². The van der Waals surface area contributed by atoms with Crippen LogP contribution in [0.5, 0.6) is 0 Å². The molecule has 4 nitrogen and oxygen atoms in total. The van der Waals surface area contributed by atoms with Crippen molar-refractivity contribution in [2.24, 2.45) is 0 Å². The lowest BCUT2D eigenvalue weighted by atomic mass is 10.3. The Morgan fingerprint density at radius 2 is 1.19 bits per heavy atom. The van der Waals surface area contributed by atoms with Gasteiger partial charge in [-0.05, 0) is 61.0 Å². The third kappa shape index (κ3) is 9.09. The van der Waals surface area contributed by atoms with E-state index in [-0.39, 0.29) is 6.23 Å². The fourth-order valence-corrected chi connectivity index (χ4v) is 1.67. The van der Waals surface area contributed by atoms with Gasteiger partial charge in [-0.15, -0.1) is 0 Å². The van der Waals surface area contributed by atoms with Crippen molar-refractivity contribution in [3.05, 3.63) is 0 Å². The number of aliphatic hydroxyl groups excluding tert-OH is 1. The van der Waals surface area contributed by atoms with Gasteiger partial charge in [0, 0.05) is 13.1 Å². The molecule has 0 bridgehead atoms. The molecule has 98 valence electrons. The van der Waals surface area contributed by atoms with E-state index in [2.05, 4.69) is 42.9 Å². The van der Waals surface area contributed by atoms with E-state index in [0.29, 0.717) is 0 Å². The predicted octanol–water partition coefficient (Wildman–Crippen LogP) is 0.530. The molecule has 0 saturated carbocycles. The molecule has 1 unspecified atom stereocenters. The molecule has 0 aromatic heterocycles. The van der Waals surface area contributed by atoms with Gasteiger partial charge in [0.1, 0.15) is 6.23 Å². The highest BCUT2D eigenvalue weighted by atomic mass is 16.3. The Hall–Kier alpha value is -0.160. The Balaban J connectivity index is 3.71. The number of rotatable bonds is 9. The first-order valence-electron chi connectivity index (χ1n) is 6.15. The Labute approximate surface area is 101 Å². The molecule has 0 rings (SSSR count). The summed E-state index contributed by atoms with van der Waals surface area (Å²) in [6, 6.07) is 0. The summed E-state index contributed by atoms with van der Waals surface area (Å²) in [5, 5.41) is 9.64. The Morgan fingerprint density at radius 1 is 0.812 bits per heavy atom. The normalized spacial score (nSPS) is 14.1. The van der Waals surface area contributed by atoms with E-state index in [9.17, 15) is 5.11 Å². The van der Waals surface area contributed by atoms with Crippen LogP contribution in [0, 0.1) is 0 Å². The summed E-state index contributed by atoms with van der Waals surface area (Å²) in [4.78, 5) is 6.51. The van der Waals surface area contributed by atoms with E-state index in [1.165, 1.54) is 0 Å². The van der Waals surface area contributed by atoms with Crippen molar-refractivity contribution < 1.29 is 5.11 Å². The lowest BCUT2D eigenvalue weighted by Crippen LogP contribution is -2.36. The molecule has 0 radical (unpaired) electrons. The molecule has 0 aliphatic rings. The second-order valence-corrected chi connectivity index (χ2v) is 4.98. The van der Waals surface area contributed by atoms with Gasteiger partial charge in [0.25, 0.3) is 0 Å². The van der Waals surface area contributed by atoms with Gasteiger partial charge in [-0.25, -0.2) is 0 Å². The number of hydrogen-bond donors (Lipinski definition) is 1. The van der Waals surface area contributed by atoms with E-state index < -0.39 is 0 Å². The molecule has 0 saturated heterocycles. The summed E-state index contributed by atoms with van der Waals surface area (Å²) in [6.45, 7) is 5.96. The van der Waals surface area contributed by atoms with Gasteiger partial charge >= 0.3 is 0 Å². The summed E-state index contributed by atoms with van der Waals surface area (Å²) in [7, 11) is 8.33. The topological polar surface area (TPSA) is 30.0 Å². The molecule has 0 aliphatic carbocycles. The van der Waals surface area contributed by atoms with Crippen molar-refractivity contribution in [1.82, 2.24) is 14.7 Å². The van der Waals surface area contributed by atoms with Gasteiger partial charge < -0.3 is 14.9 Å². The number of nitrogens with zero attached hydrogens (tertiary/aromatic N) is 3. The summed E-state index contributed by atoms with van der Waals surface area (Å²) in [6.07, 6.45) is 1.89. The third-order valence-electron chi connectivity index (χ3n) is 2.63. The van der Waals surface area contributed by atoms with E-state index in [1.54, 1.807) is 0 Å². The second-order valence-electron chi connectivity index (χ2n) is 4.98. The van der Waals surface area contributed by atoms with Gasteiger partial charge in [0.15, 0.2) is 0 Å². The minimum atomic E-state index is -0.329. The van der Waals surface area contributed by atoms with Crippen LogP contribution in [0.1, 0.15) is 19.8 Å². The van der Waals surface area contributed by atoms with E-state index in [1.807, 2.05) is 6.92 Å². The smallest absolute Gasteiger partial charge is 0.104 e. The third-order valence-corrected chi connectivity index (χ3v) is 2.63. The van der Waals surface area contributed by atoms with Crippen molar-refractivity contribution in [3.63, 3.8) is 0 Å². The van der Waals surface area contributed by atoms with Crippen LogP contribution in [0.4, 0.5) is 0 Å². The molecule has 0 amide bonds. The fraction of sp³-hybridized carbons (Fsp3) is 1.00. The monoisotopic (exact) mass is 231 g/mol. The van der Waals surface area contributed by atoms with Crippen LogP contribution in [-0.4, -0.2) is 80.4 Å². The maximum Gasteiger partial charge on any atom is 0.104 e. The first-order valence-corrected chi connectivity index (χ1v) is 6.15. The van der Waals surface area contributed by atoms with Crippen molar-refractivity contribution >= 4 is 0 Å². The van der Waals surface area contributed by atoms with Gasteiger partial charge in [-0.3, -0.25) is 4.90 Å². The lowest BCUT2D eigenvalue weighted by Gasteiger charge is -2.26. The summed E-state index contributed by atoms with van der Waals surface area (Å²) in [5.41, 5.74) is 0. The van der Waals surface area contributed by atoms with Crippen LogP contribution in [0.25, 0.3) is 0 Å². The Kier molecular flexibility index (Phi) is 8.84. The van der Waals surface area contributed by atoms with Crippen molar-refractivity contribution in [1.29, 1.82) is 0 Å². The van der Waals surface area contributed by atoms with Crippen molar-refractivity contribution in [2.75, 3.05) is 54.4 Å². The maximum atomic E-state index is 9.64. The van der Waals surface area contributed by atoms with Gasteiger partial charge in [0.2, 0.25) is 0 Å². The van der Waals surface area contributed by atoms with Crippen LogP contribution in [0.2, 0.25) is 0 Å². The molecule has 0 aromatic carbocycles. The molecule has 0 aliphatic heterocycles. The van der Waals surface area contributed by atoms with Gasteiger partial charge in [0.05, 0.1) is 0 Å². The minimum absolute atomic E-state index is 0.329. The van der Waals surface area contributed by atoms with Gasteiger partial charge in [-0.2, -0.15) is 0 Å². The largest absolute Gasteiger partial charge is 0.379 e.